The molecule has 126 valence electrons. The fourth-order valence-electron chi connectivity index (χ4n) is 2.67. The number of ether oxygens (including phenoxy) is 1. The van der Waals surface area contributed by atoms with Crippen LogP contribution < -0.4 is 10.1 Å². The number of benzene rings is 1. The maximum Gasteiger partial charge on any atom is 0.310 e. The van der Waals surface area contributed by atoms with Gasteiger partial charge in [-0.1, -0.05) is 19.4 Å². The minimum absolute atomic E-state index is 0.00126. The number of carbonyl (C=O) groups excluding carboxylic acids is 1. The molecular weight excluding hydrogens is 301 g/mol. The molecule has 1 fully saturated rings. The van der Waals surface area contributed by atoms with Gasteiger partial charge < -0.3 is 15.2 Å². The van der Waals surface area contributed by atoms with Crippen LogP contribution in [0.4, 0.5) is 4.39 Å². The zero-order chi connectivity index (χ0) is 16.9. The molecule has 0 radical (unpaired) electrons. The molecule has 2 N–H and O–H groups in total. The number of halogens is 1. The number of rotatable bonds is 8. The second-order valence-corrected chi connectivity index (χ2v) is 6.03. The van der Waals surface area contributed by atoms with Crippen LogP contribution in [0.25, 0.3) is 0 Å². The van der Waals surface area contributed by atoms with E-state index in [-0.39, 0.29) is 30.8 Å². The maximum atomic E-state index is 13.1. The summed E-state index contributed by atoms with van der Waals surface area (Å²) in [7, 11) is 0. The summed E-state index contributed by atoms with van der Waals surface area (Å²) in [6.07, 6.45) is 2.29. The molecule has 0 saturated heterocycles. The van der Waals surface area contributed by atoms with Crippen molar-refractivity contribution in [2.75, 3.05) is 6.54 Å². The van der Waals surface area contributed by atoms with Crippen molar-refractivity contribution in [2.24, 2.45) is 5.41 Å². The summed E-state index contributed by atoms with van der Waals surface area (Å²) < 4.78 is 18.8. The van der Waals surface area contributed by atoms with Gasteiger partial charge in [-0.3, -0.25) is 9.59 Å². The molecule has 1 unspecified atom stereocenters. The van der Waals surface area contributed by atoms with E-state index in [0.29, 0.717) is 25.0 Å². The topological polar surface area (TPSA) is 75.6 Å². The Morgan fingerprint density at radius 1 is 1.43 bits per heavy atom. The van der Waals surface area contributed by atoms with E-state index in [9.17, 15) is 19.1 Å². The van der Waals surface area contributed by atoms with Gasteiger partial charge in [0.15, 0.2) is 0 Å². The molecule has 0 bridgehead atoms. The van der Waals surface area contributed by atoms with Crippen LogP contribution in [-0.2, 0) is 9.59 Å². The van der Waals surface area contributed by atoms with Crippen LogP contribution in [0.3, 0.4) is 0 Å². The lowest BCUT2D eigenvalue weighted by molar-refractivity contribution is -0.157. The lowest BCUT2D eigenvalue weighted by Crippen LogP contribution is -2.44. The van der Waals surface area contributed by atoms with Gasteiger partial charge >= 0.3 is 5.97 Å². The molecule has 2 rings (SSSR count). The van der Waals surface area contributed by atoms with Crippen molar-refractivity contribution in [1.29, 1.82) is 0 Å². The second-order valence-electron chi connectivity index (χ2n) is 6.03. The molecule has 1 amide bonds. The summed E-state index contributed by atoms with van der Waals surface area (Å²) in [6, 6.07) is 5.84. The fourth-order valence-corrected chi connectivity index (χ4v) is 2.67. The molecule has 0 aliphatic heterocycles. The van der Waals surface area contributed by atoms with Gasteiger partial charge in [-0.2, -0.15) is 0 Å². The van der Waals surface area contributed by atoms with E-state index in [2.05, 4.69) is 5.32 Å². The number of carboxylic acid groups (broad SMARTS) is 1. The highest BCUT2D eigenvalue weighted by atomic mass is 19.1. The molecule has 0 aromatic heterocycles. The zero-order valence-electron chi connectivity index (χ0n) is 13.2. The predicted molar refractivity (Wildman–Crippen MR) is 82.7 cm³/mol. The smallest absolute Gasteiger partial charge is 0.310 e. The van der Waals surface area contributed by atoms with Crippen LogP contribution in [0.15, 0.2) is 24.3 Å². The van der Waals surface area contributed by atoms with Gasteiger partial charge in [0, 0.05) is 12.5 Å². The van der Waals surface area contributed by atoms with Crippen molar-refractivity contribution in [3.8, 4) is 5.75 Å². The first-order valence-corrected chi connectivity index (χ1v) is 7.87. The van der Waals surface area contributed by atoms with Gasteiger partial charge in [-0.15, -0.1) is 0 Å². The Balaban J connectivity index is 1.83. The third-order valence-electron chi connectivity index (χ3n) is 4.34. The largest absolute Gasteiger partial charge is 0.489 e. The molecule has 6 heteroatoms. The molecule has 23 heavy (non-hydrogen) atoms. The Morgan fingerprint density at radius 3 is 2.70 bits per heavy atom. The van der Waals surface area contributed by atoms with E-state index in [1.807, 2.05) is 6.92 Å². The van der Waals surface area contributed by atoms with Crippen molar-refractivity contribution < 1.29 is 23.8 Å². The fraction of sp³-hybridized carbons (Fsp3) is 0.529. The summed E-state index contributed by atoms with van der Waals surface area (Å²) in [5.74, 6) is -1.16. The Kier molecular flexibility index (Phi) is 5.58. The number of carbonyl (C=O) groups is 2. The van der Waals surface area contributed by atoms with Gasteiger partial charge in [-0.25, -0.2) is 4.39 Å². The van der Waals surface area contributed by atoms with E-state index in [1.54, 1.807) is 12.1 Å². The number of amides is 1. The lowest BCUT2D eigenvalue weighted by atomic mass is 9.66. The average Bonchev–Trinajstić information content (AvgIpc) is 2.47. The number of hydrogen-bond donors (Lipinski definition) is 2. The summed E-state index contributed by atoms with van der Waals surface area (Å²) in [6.45, 7) is 2.17. The maximum absolute atomic E-state index is 13.1. The first-order chi connectivity index (χ1) is 10.9. The van der Waals surface area contributed by atoms with Gasteiger partial charge in [0.2, 0.25) is 5.91 Å². The summed E-state index contributed by atoms with van der Waals surface area (Å²) in [4.78, 5) is 23.3. The van der Waals surface area contributed by atoms with Crippen molar-refractivity contribution >= 4 is 11.9 Å². The molecule has 1 aliphatic rings. The van der Waals surface area contributed by atoms with Crippen LogP contribution in [0, 0.1) is 11.2 Å². The van der Waals surface area contributed by atoms with E-state index in [1.165, 1.54) is 12.1 Å². The van der Waals surface area contributed by atoms with Crippen molar-refractivity contribution in [3.63, 3.8) is 0 Å². The number of carboxylic acids is 1. The Bertz CT molecular complexity index is 571. The zero-order valence-corrected chi connectivity index (χ0v) is 13.2. The van der Waals surface area contributed by atoms with Crippen LogP contribution >= 0.6 is 0 Å². The molecule has 0 spiro atoms. The van der Waals surface area contributed by atoms with E-state index < -0.39 is 11.4 Å². The quantitative estimate of drug-likeness (QED) is 0.771. The SMILES string of the molecule is CCC(CNC(=O)CC1(C(=O)O)CCC1)Oc1cccc(F)c1. The Morgan fingerprint density at radius 2 is 2.17 bits per heavy atom. The van der Waals surface area contributed by atoms with Gasteiger partial charge in [-0.05, 0) is 31.4 Å². The van der Waals surface area contributed by atoms with Crippen molar-refractivity contribution in [2.45, 2.75) is 45.1 Å². The van der Waals surface area contributed by atoms with Crippen molar-refractivity contribution in [3.05, 3.63) is 30.1 Å². The molecule has 1 saturated carbocycles. The molecular formula is C17H22FNO4. The number of nitrogens with one attached hydrogen (secondary N) is 1. The summed E-state index contributed by atoms with van der Waals surface area (Å²) in [5, 5.41) is 12.0. The highest BCUT2D eigenvalue weighted by Crippen LogP contribution is 2.44. The molecule has 0 heterocycles. The normalized spacial score (nSPS) is 17.0. The van der Waals surface area contributed by atoms with Gasteiger partial charge in [0.05, 0.1) is 12.0 Å². The van der Waals surface area contributed by atoms with Crippen LogP contribution in [0.5, 0.6) is 5.75 Å². The monoisotopic (exact) mass is 323 g/mol. The first-order valence-electron chi connectivity index (χ1n) is 7.87. The third kappa shape index (κ3) is 4.43. The predicted octanol–water partition coefficient (Wildman–Crippen LogP) is 2.74. The standard InChI is InChI=1S/C17H22FNO4/c1-2-13(23-14-6-3-5-12(18)9-14)11-19-15(20)10-17(16(21)22)7-4-8-17/h3,5-6,9,13H,2,4,7-8,10-11H2,1H3,(H,19,20)(H,21,22). The average molecular weight is 323 g/mol. The Hall–Kier alpha value is -2.11. The first kappa shape index (κ1) is 17.2. The number of hydrogen-bond acceptors (Lipinski definition) is 3. The minimum atomic E-state index is -0.901. The molecule has 1 aromatic carbocycles. The van der Waals surface area contributed by atoms with Gasteiger partial charge in [0.1, 0.15) is 17.7 Å². The van der Waals surface area contributed by atoms with E-state index >= 15 is 0 Å². The number of aliphatic carboxylic acids is 1. The highest BCUT2D eigenvalue weighted by Gasteiger charge is 2.45. The Labute approximate surface area is 134 Å². The molecule has 5 nitrogen and oxygen atoms in total. The summed E-state index contributed by atoms with van der Waals surface area (Å²) >= 11 is 0. The highest BCUT2D eigenvalue weighted by molar-refractivity contribution is 5.85. The molecule has 1 atom stereocenters. The minimum Gasteiger partial charge on any atom is -0.489 e. The molecule has 1 aromatic rings. The van der Waals surface area contributed by atoms with Gasteiger partial charge in [0.25, 0.3) is 0 Å². The molecule has 1 aliphatic carbocycles. The summed E-state index contributed by atoms with van der Waals surface area (Å²) in [5.41, 5.74) is -0.894. The second kappa shape index (κ2) is 7.44. The van der Waals surface area contributed by atoms with Crippen LogP contribution in [-0.4, -0.2) is 29.6 Å². The van der Waals surface area contributed by atoms with Crippen molar-refractivity contribution in [1.82, 2.24) is 5.32 Å². The van der Waals surface area contributed by atoms with Crippen LogP contribution in [0.2, 0.25) is 0 Å². The third-order valence-corrected chi connectivity index (χ3v) is 4.34. The van der Waals surface area contributed by atoms with E-state index in [0.717, 1.165) is 6.42 Å². The lowest BCUT2D eigenvalue weighted by Gasteiger charge is -2.37. The van der Waals surface area contributed by atoms with E-state index in [4.69, 9.17) is 4.74 Å². The van der Waals surface area contributed by atoms with Crippen LogP contribution in [0.1, 0.15) is 39.0 Å².